The largest absolute Gasteiger partial charge is 0.494 e. The summed E-state index contributed by atoms with van der Waals surface area (Å²) in [4.78, 5) is 12.6. The molecule has 2 rings (SSSR count). The van der Waals surface area contributed by atoms with Crippen LogP contribution in [0, 0.1) is 6.92 Å². The first-order chi connectivity index (χ1) is 11.1. The second-order valence-electron chi connectivity index (χ2n) is 4.91. The highest BCUT2D eigenvalue weighted by atomic mass is 79.9. The van der Waals surface area contributed by atoms with E-state index in [1.165, 1.54) is 5.56 Å². The van der Waals surface area contributed by atoms with E-state index in [4.69, 9.17) is 4.74 Å². The molecule has 124 valence electrons. The van der Waals surface area contributed by atoms with Crippen molar-refractivity contribution in [1.82, 2.24) is 0 Å². The van der Waals surface area contributed by atoms with Crippen molar-refractivity contribution in [2.45, 2.75) is 41.0 Å². The Labute approximate surface area is 148 Å². The quantitative estimate of drug-likeness (QED) is 0.600. The topological polar surface area (TPSA) is 26.3 Å². The van der Waals surface area contributed by atoms with Crippen LogP contribution in [0.15, 0.2) is 40.9 Å². The minimum Gasteiger partial charge on any atom is -0.494 e. The molecule has 0 amide bonds. The summed E-state index contributed by atoms with van der Waals surface area (Å²) >= 11 is 3.48. The van der Waals surface area contributed by atoms with Gasteiger partial charge in [-0.3, -0.25) is 4.79 Å². The van der Waals surface area contributed by atoms with E-state index in [1.807, 2.05) is 64.1 Å². The van der Waals surface area contributed by atoms with Crippen molar-refractivity contribution in [3.63, 3.8) is 0 Å². The van der Waals surface area contributed by atoms with Gasteiger partial charge in [-0.05, 0) is 59.5 Å². The van der Waals surface area contributed by atoms with Gasteiger partial charge in [0.05, 0.1) is 6.61 Å². The van der Waals surface area contributed by atoms with Gasteiger partial charge in [-0.25, -0.2) is 0 Å². The zero-order chi connectivity index (χ0) is 17.4. The number of hydrogen-bond acceptors (Lipinski definition) is 2. The standard InChI is InChI=1S/C18H19BrO2.C2H6/c1-4-13-6-8-14(9-7-13)18(20)15-10-12(3)17(21-5-2)11-16(15)19;1-2/h6-11H,4-5H2,1-3H3;1-2H3. The zero-order valence-electron chi connectivity index (χ0n) is 14.6. The first-order valence-corrected chi connectivity index (χ1v) is 8.92. The van der Waals surface area contributed by atoms with Gasteiger partial charge in [0.2, 0.25) is 0 Å². The predicted molar refractivity (Wildman–Crippen MR) is 101 cm³/mol. The molecule has 0 saturated heterocycles. The molecular formula is C20H25BrO2. The molecule has 0 atom stereocenters. The summed E-state index contributed by atoms with van der Waals surface area (Å²) in [5.74, 6) is 0.831. The monoisotopic (exact) mass is 376 g/mol. The van der Waals surface area contributed by atoms with Crippen LogP contribution in [-0.4, -0.2) is 12.4 Å². The van der Waals surface area contributed by atoms with Crippen LogP contribution in [-0.2, 0) is 6.42 Å². The van der Waals surface area contributed by atoms with Gasteiger partial charge in [0.15, 0.2) is 5.78 Å². The number of carbonyl (C=O) groups excluding carboxylic acids is 1. The Morgan fingerprint density at radius 1 is 1.09 bits per heavy atom. The summed E-state index contributed by atoms with van der Waals surface area (Å²) in [6, 6.07) is 11.5. The zero-order valence-corrected chi connectivity index (χ0v) is 16.2. The highest BCUT2D eigenvalue weighted by Gasteiger charge is 2.15. The lowest BCUT2D eigenvalue weighted by Gasteiger charge is -2.11. The molecule has 2 nitrogen and oxygen atoms in total. The van der Waals surface area contributed by atoms with Crippen LogP contribution < -0.4 is 4.74 Å². The fraction of sp³-hybridized carbons (Fsp3) is 0.350. The van der Waals surface area contributed by atoms with Gasteiger partial charge in [-0.1, -0.05) is 45.0 Å². The lowest BCUT2D eigenvalue weighted by Crippen LogP contribution is -2.04. The van der Waals surface area contributed by atoms with E-state index in [1.54, 1.807) is 0 Å². The fourth-order valence-corrected chi connectivity index (χ4v) is 2.70. The van der Waals surface area contributed by atoms with Gasteiger partial charge in [-0.15, -0.1) is 0 Å². The lowest BCUT2D eigenvalue weighted by atomic mass is 10.00. The summed E-state index contributed by atoms with van der Waals surface area (Å²) in [5, 5.41) is 0. The Morgan fingerprint density at radius 2 is 1.70 bits per heavy atom. The highest BCUT2D eigenvalue weighted by molar-refractivity contribution is 9.10. The SMILES string of the molecule is CC.CCOc1cc(Br)c(C(=O)c2ccc(CC)cc2)cc1C. The van der Waals surface area contributed by atoms with Crippen LogP contribution in [0.3, 0.4) is 0 Å². The van der Waals surface area contributed by atoms with Crippen LogP contribution in [0.4, 0.5) is 0 Å². The maximum absolute atomic E-state index is 12.6. The molecule has 2 aromatic carbocycles. The fourth-order valence-electron chi connectivity index (χ4n) is 2.20. The van der Waals surface area contributed by atoms with E-state index in [9.17, 15) is 4.79 Å². The second-order valence-corrected chi connectivity index (χ2v) is 5.76. The van der Waals surface area contributed by atoms with E-state index >= 15 is 0 Å². The highest BCUT2D eigenvalue weighted by Crippen LogP contribution is 2.29. The van der Waals surface area contributed by atoms with Crippen molar-refractivity contribution in [2.24, 2.45) is 0 Å². The van der Waals surface area contributed by atoms with Crippen molar-refractivity contribution in [1.29, 1.82) is 0 Å². The molecule has 23 heavy (non-hydrogen) atoms. The van der Waals surface area contributed by atoms with Crippen molar-refractivity contribution in [2.75, 3.05) is 6.61 Å². The average molecular weight is 377 g/mol. The van der Waals surface area contributed by atoms with Crippen LogP contribution in [0.2, 0.25) is 0 Å². The molecule has 0 saturated carbocycles. The van der Waals surface area contributed by atoms with Gasteiger partial charge in [0.1, 0.15) is 5.75 Å². The molecule has 0 heterocycles. The summed E-state index contributed by atoms with van der Waals surface area (Å²) in [5.41, 5.74) is 3.57. The second kappa shape index (κ2) is 9.51. The molecular weight excluding hydrogens is 352 g/mol. The molecule has 0 aliphatic rings. The van der Waals surface area contributed by atoms with Crippen molar-refractivity contribution < 1.29 is 9.53 Å². The van der Waals surface area contributed by atoms with Gasteiger partial charge in [-0.2, -0.15) is 0 Å². The number of benzene rings is 2. The molecule has 0 bridgehead atoms. The Kier molecular flexibility index (Phi) is 8.04. The number of ketones is 1. The van der Waals surface area contributed by atoms with Gasteiger partial charge < -0.3 is 4.74 Å². The summed E-state index contributed by atoms with van der Waals surface area (Å²) in [7, 11) is 0. The van der Waals surface area contributed by atoms with E-state index in [0.717, 1.165) is 22.2 Å². The number of halogens is 1. The first kappa shape index (κ1) is 19.4. The minimum atomic E-state index is 0.0238. The van der Waals surface area contributed by atoms with Crippen LogP contribution in [0.5, 0.6) is 5.75 Å². The molecule has 3 heteroatoms. The molecule has 0 aliphatic carbocycles. The van der Waals surface area contributed by atoms with E-state index < -0.39 is 0 Å². The average Bonchev–Trinajstić information content (AvgIpc) is 2.59. The maximum Gasteiger partial charge on any atom is 0.194 e. The molecule has 0 aliphatic heterocycles. The van der Waals surface area contributed by atoms with Gasteiger partial charge >= 0.3 is 0 Å². The predicted octanol–water partition coefficient (Wildman–Crippen LogP) is 5.98. The third-order valence-electron chi connectivity index (χ3n) is 3.43. The normalized spacial score (nSPS) is 9.83. The summed E-state index contributed by atoms with van der Waals surface area (Å²) in [6.07, 6.45) is 0.973. The maximum atomic E-state index is 12.6. The Bertz CT molecular complexity index is 645. The lowest BCUT2D eigenvalue weighted by molar-refractivity contribution is 0.103. The molecule has 0 spiro atoms. The number of rotatable bonds is 5. The number of ether oxygens (including phenoxy) is 1. The number of hydrogen-bond donors (Lipinski definition) is 0. The van der Waals surface area contributed by atoms with E-state index in [-0.39, 0.29) is 5.78 Å². The smallest absolute Gasteiger partial charge is 0.194 e. The van der Waals surface area contributed by atoms with Crippen molar-refractivity contribution in [3.05, 3.63) is 63.1 Å². The van der Waals surface area contributed by atoms with E-state index in [0.29, 0.717) is 17.7 Å². The van der Waals surface area contributed by atoms with Crippen molar-refractivity contribution in [3.8, 4) is 5.75 Å². The Balaban J connectivity index is 0.00000127. The molecule has 0 unspecified atom stereocenters. The third-order valence-corrected chi connectivity index (χ3v) is 4.09. The number of carbonyl (C=O) groups is 1. The summed E-state index contributed by atoms with van der Waals surface area (Å²) < 4.78 is 6.31. The summed E-state index contributed by atoms with van der Waals surface area (Å²) in [6.45, 7) is 10.6. The first-order valence-electron chi connectivity index (χ1n) is 8.13. The van der Waals surface area contributed by atoms with Crippen molar-refractivity contribution >= 4 is 21.7 Å². The van der Waals surface area contributed by atoms with Gasteiger partial charge in [0, 0.05) is 15.6 Å². The van der Waals surface area contributed by atoms with Gasteiger partial charge in [0.25, 0.3) is 0 Å². The molecule has 0 N–H and O–H groups in total. The molecule has 2 aromatic rings. The Hall–Kier alpha value is -1.61. The number of aryl methyl sites for hydroxylation is 2. The minimum absolute atomic E-state index is 0.0238. The van der Waals surface area contributed by atoms with Crippen LogP contribution in [0.25, 0.3) is 0 Å². The molecule has 0 aromatic heterocycles. The molecule has 0 radical (unpaired) electrons. The molecule has 0 fully saturated rings. The third kappa shape index (κ3) is 4.93. The van der Waals surface area contributed by atoms with Crippen LogP contribution in [0.1, 0.15) is 54.7 Å². The van der Waals surface area contributed by atoms with E-state index in [2.05, 4.69) is 22.9 Å². The Morgan fingerprint density at radius 3 is 2.22 bits per heavy atom. The van der Waals surface area contributed by atoms with Crippen LogP contribution >= 0.6 is 15.9 Å².